The number of rotatable bonds is 4. The van der Waals surface area contributed by atoms with Crippen LogP contribution in [0.25, 0.3) is 0 Å². The molecule has 0 amide bonds. The van der Waals surface area contributed by atoms with Gasteiger partial charge in [0.2, 0.25) is 0 Å². The lowest BCUT2D eigenvalue weighted by Crippen LogP contribution is -1.75. The standard InChI is InChI=1S/C14H11NS6/c1-16-11-12(17-8-4-7-15)21-14(20-11)13-18-9-5-2-3-6-10(9)19-13/h2-3,5-6H,4,8H2,1H3. The first-order chi connectivity index (χ1) is 10.3. The van der Waals surface area contributed by atoms with Crippen molar-refractivity contribution in [2.75, 3.05) is 12.0 Å². The summed E-state index contributed by atoms with van der Waals surface area (Å²) >= 11 is 11.1. The second kappa shape index (κ2) is 7.71. The van der Waals surface area contributed by atoms with Crippen LogP contribution in [0, 0.1) is 11.3 Å². The summed E-state index contributed by atoms with van der Waals surface area (Å²) in [5, 5.41) is 8.68. The molecule has 2 heterocycles. The highest BCUT2D eigenvalue weighted by molar-refractivity contribution is 8.42. The van der Waals surface area contributed by atoms with Crippen LogP contribution in [0.5, 0.6) is 0 Å². The minimum Gasteiger partial charge on any atom is -0.198 e. The van der Waals surface area contributed by atoms with Gasteiger partial charge in [0.15, 0.2) is 0 Å². The average molecular weight is 386 g/mol. The summed E-state index contributed by atoms with van der Waals surface area (Å²) in [6.45, 7) is 0. The fourth-order valence-corrected chi connectivity index (χ4v) is 9.82. The SMILES string of the molecule is CSC1=C(SCCC#N)SC(=C2Sc3ccccc3S2)S1. The molecule has 0 saturated heterocycles. The van der Waals surface area contributed by atoms with Crippen LogP contribution in [-0.4, -0.2) is 12.0 Å². The van der Waals surface area contributed by atoms with Gasteiger partial charge in [-0.05, 0) is 18.4 Å². The van der Waals surface area contributed by atoms with Gasteiger partial charge >= 0.3 is 0 Å². The van der Waals surface area contributed by atoms with Crippen molar-refractivity contribution in [1.29, 1.82) is 5.26 Å². The molecule has 2 aliphatic heterocycles. The lowest BCUT2D eigenvalue weighted by atomic mass is 10.4. The number of hydrogen-bond acceptors (Lipinski definition) is 7. The van der Waals surface area contributed by atoms with Gasteiger partial charge in [-0.25, -0.2) is 0 Å². The van der Waals surface area contributed by atoms with Crippen molar-refractivity contribution in [2.24, 2.45) is 0 Å². The number of thioether (sulfide) groups is 6. The van der Waals surface area contributed by atoms with E-state index >= 15 is 0 Å². The molecule has 0 unspecified atom stereocenters. The fourth-order valence-electron chi connectivity index (χ4n) is 1.68. The highest BCUT2D eigenvalue weighted by Gasteiger charge is 2.28. The van der Waals surface area contributed by atoms with Crippen molar-refractivity contribution in [3.8, 4) is 6.07 Å². The number of nitrogens with zero attached hydrogens (tertiary/aromatic N) is 1. The van der Waals surface area contributed by atoms with Crippen LogP contribution < -0.4 is 0 Å². The Bertz CT molecular complexity index is 631. The Morgan fingerprint density at radius 2 is 1.62 bits per heavy atom. The fraction of sp³-hybridized carbons (Fsp3) is 0.214. The molecule has 2 aliphatic rings. The quantitative estimate of drug-likeness (QED) is 0.536. The van der Waals surface area contributed by atoms with Crippen molar-refractivity contribution < 1.29 is 0 Å². The zero-order valence-corrected chi connectivity index (χ0v) is 16.0. The third-order valence-corrected chi connectivity index (χ3v) is 11.0. The highest BCUT2D eigenvalue weighted by atomic mass is 32.3. The van der Waals surface area contributed by atoms with Gasteiger partial charge in [-0.3, -0.25) is 0 Å². The molecule has 0 radical (unpaired) electrons. The Morgan fingerprint density at radius 3 is 2.24 bits per heavy atom. The Labute approximate surface area is 150 Å². The molecule has 21 heavy (non-hydrogen) atoms. The number of fused-ring (bicyclic) bond motifs is 1. The predicted octanol–water partition coefficient (Wildman–Crippen LogP) is 6.63. The largest absolute Gasteiger partial charge is 0.198 e. The van der Waals surface area contributed by atoms with Gasteiger partial charge in [0, 0.05) is 22.0 Å². The van der Waals surface area contributed by atoms with Gasteiger partial charge in [-0.1, -0.05) is 59.2 Å². The van der Waals surface area contributed by atoms with Crippen molar-refractivity contribution >= 4 is 70.6 Å². The third-order valence-electron chi connectivity index (χ3n) is 2.59. The molecule has 0 N–H and O–H groups in total. The van der Waals surface area contributed by atoms with Crippen LogP contribution in [0.1, 0.15) is 6.42 Å². The summed E-state index contributed by atoms with van der Waals surface area (Å²) in [5.74, 6) is 0.882. The lowest BCUT2D eigenvalue weighted by Gasteiger charge is -2.01. The van der Waals surface area contributed by atoms with E-state index in [4.69, 9.17) is 5.26 Å². The van der Waals surface area contributed by atoms with Gasteiger partial charge in [-0.2, -0.15) is 5.26 Å². The zero-order chi connectivity index (χ0) is 14.7. The van der Waals surface area contributed by atoms with Crippen LogP contribution in [0.2, 0.25) is 0 Å². The van der Waals surface area contributed by atoms with Crippen molar-refractivity contribution in [1.82, 2.24) is 0 Å². The minimum absolute atomic E-state index is 0.613. The maximum Gasteiger partial charge on any atom is 0.0717 e. The Morgan fingerprint density at radius 1 is 1.00 bits per heavy atom. The molecule has 7 heteroatoms. The van der Waals surface area contributed by atoms with E-state index in [1.165, 1.54) is 26.7 Å². The molecule has 0 fully saturated rings. The van der Waals surface area contributed by atoms with Crippen molar-refractivity contribution in [3.05, 3.63) is 41.2 Å². The van der Waals surface area contributed by atoms with Crippen LogP contribution >= 0.6 is 70.6 Å². The molecule has 0 saturated carbocycles. The van der Waals surface area contributed by atoms with Crippen LogP contribution in [0.4, 0.5) is 0 Å². The second-order valence-corrected chi connectivity index (χ2v) is 11.1. The van der Waals surface area contributed by atoms with E-state index < -0.39 is 0 Å². The van der Waals surface area contributed by atoms with Crippen molar-refractivity contribution in [3.63, 3.8) is 0 Å². The number of hydrogen-bond donors (Lipinski definition) is 0. The maximum absolute atomic E-state index is 8.68. The van der Waals surface area contributed by atoms with Gasteiger partial charge in [-0.15, -0.1) is 23.5 Å². The summed E-state index contributed by atoms with van der Waals surface area (Å²) in [7, 11) is 0. The summed E-state index contributed by atoms with van der Waals surface area (Å²) in [6, 6.07) is 10.8. The van der Waals surface area contributed by atoms with E-state index in [0.717, 1.165) is 5.75 Å². The zero-order valence-electron chi connectivity index (χ0n) is 11.1. The predicted molar refractivity (Wildman–Crippen MR) is 104 cm³/mol. The van der Waals surface area contributed by atoms with Gasteiger partial charge in [0.1, 0.15) is 0 Å². The molecule has 3 rings (SSSR count). The second-order valence-electron chi connectivity index (χ2n) is 3.97. The first-order valence-corrected chi connectivity index (χ1v) is 11.6. The van der Waals surface area contributed by atoms with Crippen LogP contribution in [-0.2, 0) is 0 Å². The highest BCUT2D eigenvalue weighted by Crippen LogP contribution is 2.63. The Kier molecular flexibility index (Phi) is 5.93. The summed E-state index contributed by atoms with van der Waals surface area (Å²) in [5.41, 5.74) is 0. The summed E-state index contributed by atoms with van der Waals surface area (Å²) in [4.78, 5) is 2.73. The molecule has 0 aromatic heterocycles. The van der Waals surface area contributed by atoms with E-state index in [2.05, 4.69) is 36.6 Å². The number of benzene rings is 1. The molecular formula is C14H11NS6. The molecule has 1 aromatic rings. The van der Waals surface area contributed by atoms with E-state index in [1.54, 1.807) is 0 Å². The number of nitriles is 1. The minimum atomic E-state index is 0.613. The molecule has 108 valence electrons. The Balaban J connectivity index is 1.73. The normalized spacial score (nSPS) is 17.3. The molecule has 0 atom stereocenters. The van der Waals surface area contributed by atoms with Gasteiger partial charge in [0.25, 0.3) is 0 Å². The van der Waals surface area contributed by atoms with E-state index in [1.807, 2.05) is 70.6 Å². The lowest BCUT2D eigenvalue weighted by molar-refractivity contribution is 1.24. The molecular weight excluding hydrogens is 375 g/mol. The first-order valence-electron chi connectivity index (χ1n) is 6.14. The van der Waals surface area contributed by atoms with Crippen molar-refractivity contribution in [2.45, 2.75) is 16.2 Å². The summed E-state index contributed by atoms with van der Waals surface area (Å²) < 4.78 is 5.53. The van der Waals surface area contributed by atoms with Gasteiger partial charge < -0.3 is 0 Å². The smallest absolute Gasteiger partial charge is 0.0717 e. The van der Waals surface area contributed by atoms with E-state index in [-0.39, 0.29) is 0 Å². The first kappa shape index (κ1) is 16.2. The molecule has 1 nitrogen and oxygen atoms in total. The monoisotopic (exact) mass is 385 g/mol. The molecule has 0 aliphatic carbocycles. The average Bonchev–Trinajstić information content (AvgIpc) is 3.10. The molecule has 0 spiro atoms. The van der Waals surface area contributed by atoms with E-state index in [0.29, 0.717) is 6.42 Å². The topological polar surface area (TPSA) is 23.8 Å². The third kappa shape index (κ3) is 3.80. The van der Waals surface area contributed by atoms with Gasteiger partial charge in [0.05, 0.1) is 23.0 Å². The van der Waals surface area contributed by atoms with E-state index in [9.17, 15) is 0 Å². The maximum atomic E-state index is 8.68. The Hall–Kier alpha value is 0.290. The molecule has 0 bridgehead atoms. The van der Waals surface area contributed by atoms with Crippen LogP contribution in [0.3, 0.4) is 0 Å². The molecule has 1 aromatic carbocycles. The van der Waals surface area contributed by atoms with Crippen LogP contribution in [0.15, 0.2) is 51.0 Å². The summed E-state index contributed by atoms with van der Waals surface area (Å²) in [6.07, 6.45) is 2.74.